The average molecular weight is 579 g/mol. The highest BCUT2D eigenvalue weighted by atomic mass is 32.1. The van der Waals surface area contributed by atoms with Gasteiger partial charge in [0.1, 0.15) is 5.82 Å². The van der Waals surface area contributed by atoms with Gasteiger partial charge in [-0.05, 0) is 99.3 Å². The van der Waals surface area contributed by atoms with Gasteiger partial charge in [-0.15, -0.1) is 11.3 Å². The molecule has 0 spiro atoms. The summed E-state index contributed by atoms with van der Waals surface area (Å²) >= 11 is 1.71. The van der Waals surface area contributed by atoms with Crippen LogP contribution < -0.4 is 5.32 Å². The molecule has 0 saturated carbocycles. The van der Waals surface area contributed by atoms with Crippen molar-refractivity contribution in [3.8, 4) is 10.4 Å². The van der Waals surface area contributed by atoms with Crippen molar-refractivity contribution in [1.29, 1.82) is 0 Å². The molecule has 2 aromatic heterocycles. The highest BCUT2D eigenvalue weighted by Crippen LogP contribution is 2.34. The number of benzene rings is 2. The van der Waals surface area contributed by atoms with Gasteiger partial charge in [0, 0.05) is 40.8 Å². The highest BCUT2D eigenvalue weighted by Gasteiger charge is 2.33. The van der Waals surface area contributed by atoms with Crippen LogP contribution in [0.5, 0.6) is 0 Å². The molecular formula is C32H33F3N4OS. The molecule has 2 aliphatic rings. The first-order valence-corrected chi connectivity index (χ1v) is 15.0. The molecule has 2 aromatic carbocycles. The van der Waals surface area contributed by atoms with Crippen molar-refractivity contribution < 1.29 is 18.0 Å². The number of likely N-dealkylation sites (tertiary alicyclic amines) is 2. The zero-order valence-electron chi connectivity index (χ0n) is 23.0. The molecule has 4 aromatic rings. The summed E-state index contributed by atoms with van der Waals surface area (Å²) in [6.45, 7) is 6.20. The molecule has 0 unspecified atom stereocenters. The van der Waals surface area contributed by atoms with Gasteiger partial charge in [0.25, 0.3) is 5.91 Å². The highest BCUT2D eigenvalue weighted by molar-refractivity contribution is 7.15. The number of fused-ring (bicyclic) bond motifs is 1. The zero-order chi connectivity index (χ0) is 28.6. The minimum atomic E-state index is -4.37. The molecular weight excluding hydrogens is 545 g/mol. The van der Waals surface area contributed by atoms with E-state index in [1.165, 1.54) is 29.9 Å². The second-order valence-electron chi connectivity index (χ2n) is 11.0. The summed E-state index contributed by atoms with van der Waals surface area (Å²) in [6.07, 6.45) is 0.0587. The predicted molar refractivity (Wildman–Crippen MR) is 158 cm³/mol. The van der Waals surface area contributed by atoms with Crippen LogP contribution in [0.4, 0.5) is 19.0 Å². The Morgan fingerprint density at radius 1 is 1.00 bits per heavy atom. The molecule has 1 N–H and O–H groups in total. The fraction of sp³-hybridized carbons (Fsp3) is 0.375. The molecule has 41 heavy (non-hydrogen) atoms. The van der Waals surface area contributed by atoms with Crippen LogP contribution in [0.1, 0.15) is 52.0 Å². The standard InChI is InChI=1S/C32H33F3N4OS/c1-21-6-13-29(41-21)23-9-12-28-26(17-23)27(31(40)39-16-4-5-25(39)20-38-14-2-3-15-38)18-30(37-28)36-19-22-7-10-24(11-8-22)32(33,34)35/h6-13,17-18,25H,2-5,14-16,19-20H2,1H3,(H,36,37)/t25-/m0/s1. The van der Waals surface area contributed by atoms with E-state index in [9.17, 15) is 18.0 Å². The summed E-state index contributed by atoms with van der Waals surface area (Å²) in [7, 11) is 0. The number of nitrogens with one attached hydrogen (secondary N) is 1. The number of aromatic nitrogens is 1. The molecule has 9 heteroatoms. The number of amides is 1. The van der Waals surface area contributed by atoms with Gasteiger partial charge in [0.05, 0.1) is 16.6 Å². The molecule has 0 aliphatic carbocycles. The lowest BCUT2D eigenvalue weighted by Crippen LogP contribution is -2.42. The van der Waals surface area contributed by atoms with E-state index < -0.39 is 11.7 Å². The molecule has 0 radical (unpaired) electrons. The number of hydrogen-bond donors (Lipinski definition) is 1. The third-order valence-electron chi connectivity index (χ3n) is 8.12. The van der Waals surface area contributed by atoms with E-state index in [2.05, 4.69) is 35.3 Å². The fourth-order valence-electron chi connectivity index (χ4n) is 5.95. The van der Waals surface area contributed by atoms with Gasteiger partial charge in [-0.2, -0.15) is 13.2 Å². The van der Waals surface area contributed by atoms with Gasteiger partial charge in [-0.3, -0.25) is 4.79 Å². The SMILES string of the molecule is Cc1ccc(-c2ccc3nc(NCc4ccc(C(F)(F)F)cc4)cc(C(=O)N4CCC[C@H]4CN4CCCC4)c3c2)s1. The predicted octanol–water partition coefficient (Wildman–Crippen LogP) is 7.60. The number of nitrogens with zero attached hydrogens (tertiary/aromatic N) is 3. The van der Waals surface area contributed by atoms with E-state index in [-0.39, 0.29) is 18.5 Å². The van der Waals surface area contributed by atoms with Crippen molar-refractivity contribution in [3.05, 3.63) is 82.2 Å². The second kappa shape index (κ2) is 11.4. The number of carbonyl (C=O) groups is 1. The molecule has 2 fully saturated rings. The molecule has 1 amide bonds. The van der Waals surface area contributed by atoms with Crippen molar-refractivity contribution in [2.24, 2.45) is 0 Å². The molecule has 214 valence electrons. The van der Waals surface area contributed by atoms with Crippen molar-refractivity contribution >= 4 is 34.0 Å². The summed E-state index contributed by atoms with van der Waals surface area (Å²) in [5.74, 6) is 0.534. The Morgan fingerprint density at radius 2 is 1.78 bits per heavy atom. The van der Waals surface area contributed by atoms with Gasteiger partial charge in [0.15, 0.2) is 0 Å². The lowest BCUT2D eigenvalue weighted by atomic mass is 10.0. The number of anilines is 1. The molecule has 6 rings (SSSR count). The maximum absolute atomic E-state index is 14.2. The second-order valence-corrected chi connectivity index (χ2v) is 12.3. The van der Waals surface area contributed by atoms with Crippen LogP contribution in [0, 0.1) is 6.92 Å². The van der Waals surface area contributed by atoms with Crippen LogP contribution in [0.15, 0.2) is 60.7 Å². The minimum Gasteiger partial charge on any atom is -0.366 e. The Kier molecular flexibility index (Phi) is 7.74. The van der Waals surface area contributed by atoms with Crippen LogP contribution >= 0.6 is 11.3 Å². The largest absolute Gasteiger partial charge is 0.416 e. The topological polar surface area (TPSA) is 48.5 Å². The Bertz CT molecular complexity index is 1540. The van der Waals surface area contributed by atoms with Gasteiger partial charge in [0.2, 0.25) is 0 Å². The number of rotatable bonds is 7. The van der Waals surface area contributed by atoms with E-state index in [0.717, 1.165) is 67.0 Å². The summed E-state index contributed by atoms with van der Waals surface area (Å²) in [5.41, 5.74) is 2.38. The normalized spacial score (nSPS) is 18.0. The van der Waals surface area contributed by atoms with E-state index in [4.69, 9.17) is 4.98 Å². The van der Waals surface area contributed by atoms with E-state index >= 15 is 0 Å². The Balaban J connectivity index is 1.32. The maximum atomic E-state index is 14.2. The first-order valence-electron chi connectivity index (χ1n) is 14.2. The number of hydrogen-bond acceptors (Lipinski definition) is 5. The van der Waals surface area contributed by atoms with E-state index in [1.54, 1.807) is 11.3 Å². The Labute approximate surface area is 242 Å². The van der Waals surface area contributed by atoms with Crippen LogP contribution in [-0.2, 0) is 12.7 Å². The minimum absolute atomic E-state index is 0.0104. The van der Waals surface area contributed by atoms with Gasteiger partial charge >= 0.3 is 6.18 Å². The van der Waals surface area contributed by atoms with Crippen LogP contribution in [0.25, 0.3) is 21.3 Å². The molecule has 2 aliphatic heterocycles. The number of halogens is 3. The molecule has 1 atom stereocenters. The van der Waals surface area contributed by atoms with Gasteiger partial charge in [-0.1, -0.05) is 18.2 Å². The van der Waals surface area contributed by atoms with Gasteiger partial charge in [-0.25, -0.2) is 4.98 Å². The van der Waals surface area contributed by atoms with Crippen LogP contribution in [0.3, 0.4) is 0 Å². The molecule has 0 bridgehead atoms. The summed E-state index contributed by atoms with van der Waals surface area (Å²) < 4.78 is 38.9. The zero-order valence-corrected chi connectivity index (χ0v) is 23.8. The fourth-order valence-corrected chi connectivity index (χ4v) is 6.82. The Hall–Kier alpha value is -3.43. The van der Waals surface area contributed by atoms with Crippen molar-refractivity contribution in [3.63, 3.8) is 0 Å². The van der Waals surface area contributed by atoms with Crippen LogP contribution in [0.2, 0.25) is 0 Å². The lowest BCUT2D eigenvalue weighted by Gasteiger charge is -2.29. The van der Waals surface area contributed by atoms with Crippen molar-refractivity contribution in [2.45, 2.75) is 51.4 Å². The summed E-state index contributed by atoms with van der Waals surface area (Å²) in [4.78, 5) is 25.9. The van der Waals surface area contributed by atoms with Crippen molar-refractivity contribution in [1.82, 2.24) is 14.8 Å². The third-order valence-corrected chi connectivity index (χ3v) is 9.17. The first kappa shape index (κ1) is 27.7. The summed E-state index contributed by atoms with van der Waals surface area (Å²) in [6, 6.07) is 17.3. The number of pyridine rings is 1. The number of carbonyl (C=O) groups excluding carboxylic acids is 1. The monoisotopic (exact) mass is 578 g/mol. The Morgan fingerprint density at radius 3 is 2.49 bits per heavy atom. The van der Waals surface area contributed by atoms with Crippen LogP contribution in [-0.4, -0.2) is 52.9 Å². The number of alkyl halides is 3. The first-order chi connectivity index (χ1) is 19.7. The smallest absolute Gasteiger partial charge is 0.366 e. The lowest BCUT2D eigenvalue weighted by molar-refractivity contribution is -0.137. The summed E-state index contributed by atoms with van der Waals surface area (Å²) in [5, 5.41) is 4.06. The van der Waals surface area contributed by atoms with E-state index in [0.29, 0.717) is 22.5 Å². The maximum Gasteiger partial charge on any atom is 0.416 e. The third kappa shape index (κ3) is 6.11. The van der Waals surface area contributed by atoms with Crippen molar-refractivity contribution in [2.75, 3.05) is 31.5 Å². The number of thiophene rings is 1. The molecule has 5 nitrogen and oxygen atoms in total. The van der Waals surface area contributed by atoms with Gasteiger partial charge < -0.3 is 15.1 Å². The molecule has 4 heterocycles. The molecule has 2 saturated heterocycles. The van der Waals surface area contributed by atoms with E-state index in [1.807, 2.05) is 23.1 Å². The quantitative estimate of drug-likeness (QED) is 0.245. The average Bonchev–Trinajstić information content (AvgIpc) is 3.74. The number of aryl methyl sites for hydroxylation is 1.